The second-order valence-corrected chi connectivity index (χ2v) is 5.88. The van der Waals surface area contributed by atoms with E-state index in [1.165, 1.54) is 0 Å². The molecule has 2 aromatic carbocycles. The summed E-state index contributed by atoms with van der Waals surface area (Å²) >= 11 is 0. The average molecular weight is 311 g/mol. The lowest BCUT2D eigenvalue weighted by molar-refractivity contribution is -0.143. The summed E-state index contributed by atoms with van der Waals surface area (Å²) in [6.07, 6.45) is 0.247. The number of carbonyl (C=O) groups excluding carboxylic acids is 1. The van der Waals surface area contributed by atoms with Gasteiger partial charge in [-0.2, -0.15) is 0 Å². The molecule has 0 saturated carbocycles. The molecule has 1 unspecified atom stereocenters. The lowest BCUT2D eigenvalue weighted by atomic mass is 9.82. The van der Waals surface area contributed by atoms with E-state index in [0.29, 0.717) is 5.56 Å². The Labute approximate surface area is 136 Å². The van der Waals surface area contributed by atoms with E-state index in [4.69, 9.17) is 0 Å². The molecule has 2 N–H and O–H groups in total. The van der Waals surface area contributed by atoms with Crippen molar-refractivity contribution in [2.24, 2.45) is 0 Å². The Morgan fingerprint density at radius 3 is 2.26 bits per heavy atom. The highest BCUT2D eigenvalue weighted by Gasteiger charge is 2.35. The summed E-state index contributed by atoms with van der Waals surface area (Å²) in [4.78, 5) is 23.9. The standard InChI is InChI=1S/C19H21NO3/c1-14-8-6-7-9-15(14)12-17(21)20-13-19(2,18(22)23)16-10-4-3-5-11-16/h3-11H,12-13H2,1-2H3,(H,20,21)(H,22,23). The summed E-state index contributed by atoms with van der Waals surface area (Å²) < 4.78 is 0. The summed E-state index contributed by atoms with van der Waals surface area (Å²) in [5, 5.41) is 12.3. The molecule has 0 spiro atoms. The van der Waals surface area contributed by atoms with E-state index in [1.807, 2.05) is 37.3 Å². The molecule has 1 atom stereocenters. The number of carboxylic acids is 1. The quantitative estimate of drug-likeness (QED) is 0.862. The van der Waals surface area contributed by atoms with Crippen LogP contribution in [0, 0.1) is 6.92 Å². The Hall–Kier alpha value is -2.62. The van der Waals surface area contributed by atoms with Crippen LogP contribution >= 0.6 is 0 Å². The van der Waals surface area contributed by atoms with Crippen LogP contribution < -0.4 is 5.32 Å². The molecule has 0 radical (unpaired) electrons. The van der Waals surface area contributed by atoms with Crippen LogP contribution in [0.25, 0.3) is 0 Å². The third-order valence-corrected chi connectivity index (χ3v) is 4.13. The minimum absolute atomic E-state index is 0.0526. The van der Waals surface area contributed by atoms with Crippen LogP contribution in [0.4, 0.5) is 0 Å². The Kier molecular flexibility index (Phi) is 5.16. The molecule has 4 nitrogen and oxygen atoms in total. The summed E-state index contributed by atoms with van der Waals surface area (Å²) in [6.45, 7) is 3.63. The van der Waals surface area contributed by atoms with Gasteiger partial charge in [-0.25, -0.2) is 0 Å². The van der Waals surface area contributed by atoms with Crippen molar-refractivity contribution in [2.45, 2.75) is 25.7 Å². The number of aliphatic carboxylic acids is 1. The number of aryl methyl sites for hydroxylation is 1. The van der Waals surface area contributed by atoms with Gasteiger partial charge in [-0.05, 0) is 30.5 Å². The number of rotatable bonds is 6. The predicted molar refractivity (Wildman–Crippen MR) is 89.3 cm³/mol. The van der Waals surface area contributed by atoms with Crippen molar-refractivity contribution in [3.63, 3.8) is 0 Å². The van der Waals surface area contributed by atoms with Gasteiger partial charge >= 0.3 is 5.97 Å². The Balaban J connectivity index is 2.06. The van der Waals surface area contributed by atoms with Crippen LogP contribution in [0.1, 0.15) is 23.6 Å². The predicted octanol–water partition coefficient (Wildman–Crippen LogP) is 2.70. The highest BCUT2D eigenvalue weighted by Crippen LogP contribution is 2.23. The molecule has 0 heterocycles. The second-order valence-electron chi connectivity index (χ2n) is 5.88. The first-order valence-electron chi connectivity index (χ1n) is 7.53. The van der Waals surface area contributed by atoms with E-state index in [2.05, 4.69) is 5.32 Å². The molecule has 120 valence electrons. The maximum Gasteiger partial charge on any atom is 0.315 e. The molecule has 0 aliphatic rings. The average Bonchev–Trinajstić information content (AvgIpc) is 2.55. The van der Waals surface area contributed by atoms with Gasteiger partial charge in [0.1, 0.15) is 5.41 Å². The first-order valence-corrected chi connectivity index (χ1v) is 7.53. The summed E-state index contributed by atoms with van der Waals surface area (Å²) in [7, 11) is 0. The van der Waals surface area contributed by atoms with Gasteiger partial charge in [0, 0.05) is 6.54 Å². The minimum atomic E-state index is -1.15. The second kappa shape index (κ2) is 7.09. The highest BCUT2D eigenvalue weighted by molar-refractivity contribution is 5.84. The van der Waals surface area contributed by atoms with Crippen LogP contribution in [0.15, 0.2) is 54.6 Å². The van der Waals surface area contributed by atoms with Gasteiger partial charge < -0.3 is 10.4 Å². The molecule has 0 aromatic heterocycles. The molecule has 0 aliphatic carbocycles. The fraction of sp³-hybridized carbons (Fsp3) is 0.263. The van der Waals surface area contributed by atoms with E-state index in [9.17, 15) is 14.7 Å². The van der Waals surface area contributed by atoms with Crippen LogP contribution in [0.2, 0.25) is 0 Å². The number of amides is 1. The number of nitrogens with one attached hydrogen (secondary N) is 1. The van der Waals surface area contributed by atoms with Crippen molar-refractivity contribution in [3.05, 3.63) is 71.3 Å². The Bertz CT molecular complexity index is 697. The number of carbonyl (C=O) groups is 2. The zero-order chi connectivity index (χ0) is 16.9. The van der Waals surface area contributed by atoms with Gasteiger partial charge in [0.15, 0.2) is 0 Å². The summed E-state index contributed by atoms with van der Waals surface area (Å²) in [6, 6.07) is 16.6. The topological polar surface area (TPSA) is 66.4 Å². The van der Waals surface area contributed by atoms with Gasteiger partial charge in [0.2, 0.25) is 5.91 Å². The molecule has 0 aliphatic heterocycles. The van der Waals surface area contributed by atoms with Crippen LogP contribution in [-0.4, -0.2) is 23.5 Å². The van der Waals surface area contributed by atoms with Crippen LogP contribution in [0.5, 0.6) is 0 Å². The van der Waals surface area contributed by atoms with E-state index < -0.39 is 11.4 Å². The van der Waals surface area contributed by atoms with Gasteiger partial charge in [-0.1, -0.05) is 54.6 Å². The minimum Gasteiger partial charge on any atom is -0.481 e. The maximum absolute atomic E-state index is 12.2. The zero-order valence-corrected chi connectivity index (χ0v) is 13.4. The van der Waals surface area contributed by atoms with Crippen LogP contribution in [0.3, 0.4) is 0 Å². The van der Waals surface area contributed by atoms with E-state index >= 15 is 0 Å². The molecule has 2 aromatic rings. The molecule has 4 heteroatoms. The number of hydrogen-bond donors (Lipinski definition) is 2. The Morgan fingerprint density at radius 2 is 1.65 bits per heavy atom. The molecular weight excluding hydrogens is 290 g/mol. The molecule has 1 amide bonds. The molecule has 0 fully saturated rings. The van der Waals surface area contributed by atoms with Gasteiger partial charge in [0.05, 0.1) is 6.42 Å². The van der Waals surface area contributed by atoms with Crippen molar-refractivity contribution in [2.75, 3.05) is 6.54 Å². The summed E-state index contributed by atoms with van der Waals surface area (Å²) in [5.41, 5.74) is 1.51. The molecule has 0 saturated heterocycles. The number of carboxylic acid groups (broad SMARTS) is 1. The fourth-order valence-electron chi connectivity index (χ4n) is 2.43. The zero-order valence-electron chi connectivity index (χ0n) is 13.4. The lowest BCUT2D eigenvalue weighted by Crippen LogP contribution is -2.44. The third-order valence-electron chi connectivity index (χ3n) is 4.13. The van der Waals surface area contributed by atoms with E-state index in [-0.39, 0.29) is 18.9 Å². The first kappa shape index (κ1) is 16.7. The molecule has 23 heavy (non-hydrogen) atoms. The number of hydrogen-bond acceptors (Lipinski definition) is 2. The van der Waals surface area contributed by atoms with Gasteiger partial charge in [-0.3, -0.25) is 9.59 Å². The molecule has 2 rings (SSSR count). The van der Waals surface area contributed by atoms with Crippen molar-refractivity contribution in [1.82, 2.24) is 5.32 Å². The van der Waals surface area contributed by atoms with Gasteiger partial charge in [0.25, 0.3) is 0 Å². The van der Waals surface area contributed by atoms with Crippen molar-refractivity contribution in [1.29, 1.82) is 0 Å². The molecule has 0 bridgehead atoms. The maximum atomic E-state index is 12.2. The highest BCUT2D eigenvalue weighted by atomic mass is 16.4. The lowest BCUT2D eigenvalue weighted by Gasteiger charge is -2.25. The number of benzene rings is 2. The summed E-state index contributed by atoms with van der Waals surface area (Å²) in [5.74, 6) is -1.14. The van der Waals surface area contributed by atoms with Crippen molar-refractivity contribution < 1.29 is 14.7 Å². The van der Waals surface area contributed by atoms with Crippen molar-refractivity contribution in [3.8, 4) is 0 Å². The van der Waals surface area contributed by atoms with Crippen molar-refractivity contribution >= 4 is 11.9 Å². The van der Waals surface area contributed by atoms with E-state index in [1.54, 1.807) is 31.2 Å². The SMILES string of the molecule is Cc1ccccc1CC(=O)NCC(C)(C(=O)O)c1ccccc1. The fourth-order valence-corrected chi connectivity index (χ4v) is 2.43. The first-order chi connectivity index (χ1) is 10.9. The normalized spacial score (nSPS) is 13.1. The smallest absolute Gasteiger partial charge is 0.315 e. The van der Waals surface area contributed by atoms with E-state index in [0.717, 1.165) is 11.1 Å². The third kappa shape index (κ3) is 3.97. The van der Waals surface area contributed by atoms with Gasteiger partial charge in [-0.15, -0.1) is 0 Å². The molecular formula is C19H21NO3. The monoisotopic (exact) mass is 311 g/mol. The van der Waals surface area contributed by atoms with Crippen LogP contribution in [-0.2, 0) is 21.4 Å². The Morgan fingerprint density at radius 1 is 1.04 bits per heavy atom. The largest absolute Gasteiger partial charge is 0.481 e.